The summed E-state index contributed by atoms with van der Waals surface area (Å²) in [4.78, 5) is 11.8. The molecule has 3 N–H and O–H groups in total. The van der Waals surface area contributed by atoms with Crippen LogP contribution in [-0.4, -0.2) is 19.1 Å². The van der Waals surface area contributed by atoms with Gasteiger partial charge >= 0.3 is 0 Å². The van der Waals surface area contributed by atoms with Crippen molar-refractivity contribution in [3.05, 3.63) is 29.8 Å². The molecule has 1 aliphatic carbocycles. The molecule has 0 aliphatic heterocycles. The lowest BCUT2D eigenvalue weighted by Crippen LogP contribution is -2.37. The molecule has 98 valence electrons. The molecule has 0 heterocycles. The lowest BCUT2D eigenvalue weighted by Gasteiger charge is -2.19. The Kier molecular flexibility index (Phi) is 3.57. The zero-order valence-electron chi connectivity index (χ0n) is 10.9. The van der Waals surface area contributed by atoms with Crippen LogP contribution in [0.1, 0.15) is 31.7 Å². The summed E-state index contributed by atoms with van der Waals surface area (Å²) in [6.45, 7) is 1.84. The van der Waals surface area contributed by atoms with Crippen LogP contribution in [0.4, 0.5) is 0 Å². The zero-order chi connectivity index (χ0) is 13.2. The molecule has 0 bridgehead atoms. The Balaban J connectivity index is 2.04. The van der Waals surface area contributed by atoms with Gasteiger partial charge in [-0.05, 0) is 37.5 Å². The third-order valence-corrected chi connectivity index (χ3v) is 3.28. The molecule has 4 heteroatoms. The molecule has 0 spiro atoms. The van der Waals surface area contributed by atoms with E-state index >= 15 is 0 Å². The van der Waals surface area contributed by atoms with Gasteiger partial charge in [-0.15, -0.1) is 0 Å². The monoisotopic (exact) mass is 248 g/mol. The number of amides is 1. The summed E-state index contributed by atoms with van der Waals surface area (Å²) in [5, 5.41) is 3.09. The second kappa shape index (κ2) is 4.98. The highest BCUT2D eigenvalue weighted by Gasteiger charge is 2.45. The molecule has 1 saturated carbocycles. The summed E-state index contributed by atoms with van der Waals surface area (Å²) in [7, 11) is 1.65. The van der Waals surface area contributed by atoms with Crippen LogP contribution in [0.25, 0.3) is 0 Å². The molecule has 1 fully saturated rings. The third kappa shape index (κ3) is 2.82. The van der Waals surface area contributed by atoms with Crippen molar-refractivity contribution in [3.63, 3.8) is 0 Å². The van der Waals surface area contributed by atoms with Crippen LogP contribution in [0, 0.1) is 0 Å². The number of methoxy groups -OCH3 is 1. The molecule has 1 unspecified atom stereocenters. The van der Waals surface area contributed by atoms with E-state index in [0.29, 0.717) is 6.42 Å². The minimum absolute atomic E-state index is 0.0262. The highest BCUT2D eigenvalue weighted by molar-refractivity contribution is 5.78. The van der Waals surface area contributed by atoms with Gasteiger partial charge in [-0.25, -0.2) is 0 Å². The van der Waals surface area contributed by atoms with Gasteiger partial charge in [0, 0.05) is 12.5 Å². The molecule has 4 nitrogen and oxygen atoms in total. The standard InChI is InChI=1S/C14H20N2O2/c1-10(15)9-13(17)16-14(7-8-14)11-3-5-12(18-2)6-4-11/h3-6,10H,7-9,15H2,1-2H3,(H,16,17). The first-order chi connectivity index (χ1) is 8.55. The number of carbonyl (C=O) groups is 1. The molecule has 1 aromatic rings. The minimum Gasteiger partial charge on any atom is -0.497 e. The number of carbonyl (C=O) groups excluding carboxylic acids is 1. The van der Waals surface area contributed by atoms with Crippen LogP contribution in [0.15, 0.2) is 24.3 Å². The van der Waals surface area contributed by atoms with Gasteiger partial charge in [0.05, 0.1) is 12.6 Å². The maximum atomic E-state index is 11.8. The quantitative estimate of drug-likeness (QED) is 0.830. The van der Waals surface area contributed by atoms with E-state index in [4.69, 9.17) is 10.5 Å². The van der Waals surface area contributed by atoms with Gasteiger partial charge in [-0.2, -0.15) is 0 Å². The Bertz CT molecular complexity index is 422. The van der Waals surface area contributed by atoms with E-state index in [0.717, 1.165) is 24.2 Å². The maximum absolute atomic E-state index is 11.8. The average Bonchev–Trinajstić information content (AvgIpc) is 3.09. The molecular formula is C14H20N2O2. The summed E-state index contributed by atoms with van der Waals surface area (Å²) in [5.41, 5.74) is 6.60. The molecule has 1 amide bonds. The van der Waals surface area contributed by atoms with E-state index in [1.165, 1.54) is 0 Å². The van der Waals surface area contributed by atoms with Crippen molar-refractivity contribution in [1.82, 2.24) is 5.32 Å². The smallest absolute Gasteiger partial charge is 0.222 e. The molecule has 1 aliphatic rings. The van der Waals surface area contributed by atoms with Gasteiger partial charge < -0.3 is 15.8 Å². The first-order valence-corrected chi connectivity index (χ1v) is 6.27. The average molecular weight is 248 g/mol. The Morgan fingerprint density at radius 2 is 2.06 bits per heavy atom. The van der Waals surface area contributed by atoms with Crippen molar-refractivity contribution in [1.29, 1.82) is 0 Å². The number of hydrogen-bond acceptors (Lipinski definition) is 3. The van der Waals surface area contributed by atoms with Gasteiger partial charge in [0.15, 0.2) is 0 Å². The normalized spacial score (nSPS) is 17.9. The van der Waals surface area contributed by atoms with Gasteiger partial charge in [-0.1, -0.05) is 12.1 Å². The number of rotatable bonds is 5. The van der Waals surface area contributed by atoms with E-state index in [1.54, 1.807) is 7.11 Å². The van der Waals surface area contributed by atoms with Crippen molar-refractivity contribution in [2.75, 3.05) is 7.11 Å². The van der Waals surface area contributed by atoms with E-state index in [-0.39, 0.29) is 17.5 Å². The number of nitrogens with two attached hydrogens (primary N) is 1. The molecule has 1 aromatic carbocycles. The summed E-state index contributed by atoms with van der Waals surface area (Å²) >= 11 is 0. The first-order valence-electron chi connectivity index (χ1n) is 6.27. The predicted molar refractivity (Wildman–Crippen MR) is 70.3 cm³/mol. The number of benzene rings is 1. The fraction of sp³-hybridized carbons (Fsp3) is 0.500. The zero-order valence-corrected chi connectivity index (χ0v) is 10.9. The van der Waals surface area contributed by atoms with Gasteiger partial charge in [0.1, 0.15) is 5.75 Å². The molecule has 0 saturated heterocycles. The van der Waals surface area contributed by atoms with Gasteiger partial charge in [0.2, 0.25) is 5.91 Å². The maximum Gasteiger partial charge on any atom is 0.222 e. The van der Waals surface area contributed by atoms with Crippen LogP contribution < -0.4 is 15.8 Å². The lowest BCUT2D eigenvalue weighted by molar-refractivity contribution is -0.122. The minimum atomic E-state index is -0.168. The summed E-state index contributed by atoms with van der Waals surface area (Å²) in [6.07, 6.45) is 2.35. The highest BCUT2D eigenvalue weighted by Crippen LogP contribution is 2.45. The second-order valence-corrected chi connectivity index (χ2v) is 5.04. The topological polar surface area (TPSA) is 64.3 Å². The van der Waals surface area contributed by atoms with Crippen molar-refractivity contribution < 1.29 is 9.53 Å². The van der Waals surface area contributed by atoms with Crippen LogP contribution >= 0.6 is 0 Å². The Hall–Kier alpha value is -1.55. The third-order valence-electron chi connectivity index (χ3n) is 3.28. The van der Waals surface area contributed by atoms with E-state index < -0.39 is 0 Å². The Morgan fingerprint density at radius 3 is 2.50 bits per heavy atom. The largest absolute Gasteiger partial charge is 0.497 e. The van der Waals surface area contributed by atoms with Gasteiger partial charge in [0.25, 0.3) is 0 Å². The fourth-order valence-electron chi connectivity index (χ4n) is 2.13. The molecule has 1 atom stereocenters. The molecule has 0 aromatic heterocycles. The van der Waals surface area contributed by atoms with E-state index in [9.17, 15) is 4.79 Å². The second-order valence-electron chi connectivity index (χ2n) is 5.04. The molecule has 2 rings (SSSR count). The summed E-state index contributed by atoms with van der Waals surface area (Å²) < 4.78 is 5.13. The number of nitrogens with one attached hydrogen (secondary N) is 1. The Morgan fingerprint density at radius 1 is 1.44 bits per heavy atom. The molecular weight excluding hydrogens is 228 g/mol. The highest BCUT2D eigenvalue weighted by atomic mass is 16.5. The van der Waals surface area contributed by atoms with E-state index in [1.807, 2.05) is 31.2 Å². The van der Waals surface area contributed by atoms with Crippen LogP contribution in [0.3, 0.4) is 0 Å². The summed E-state index contributed by atoms with van der Waals surface area (Å²) in [5.74, 6) is 0.856. The number of ether oxygens (including phenoxy) is 1. The van der Waals surface area contributed by atoms with Crippen LogP contribution in [0.5, 0.6) is 5.75 Å². The van der Waals surface area contributed by atoms with Crippen LogP contribution in [-0.2, 0) is 10.3 Å². The van der Waals surface area contributed by atoms with E-state index in [2.05, 4.69) is 5.32 Å². The van der Waals surface area contributed by atoms with Crippen molar-refractivity contribution in [2.45, 2.75) is 37.8 Å². The molecule has 0 radical (unpaired) electrons. The van der Waals surface area contributed by atoms with Crippen LogP contribution in [0.2, 0.25) is 0 Å². The van der Waals surface area contributed by atoms with Crippen molar-refractivity contribution >= 4 is 5.91 Å². The first kappa shape index (κ1) is 12.9. The summed E-state index contributed by atoms with van der Waals surface area (Å²) in [6, 6.07) is 7.77. The van der Waals surface area contributed by atoms with Gasteiger partial charge in [-0.3, -0.25) is 4.79 Å². The van der Waals surface area contributed by atoms with Crippen molar-refractivity contribution in [3.8, 4) is 5.75 Å². The lowest BCUT2D eigenvalue weighted by atomic mass is 10.0. The van der Waals surface area contributed by atoms with Crippen molar-refractivity contribution in [2.24, 2.45) is 5.73 Å². The predicted octanol–water partition coefficient (Wildman–Crippen LogP) is 1.54. The Labute approximate surface area is 108 Å². The fourth-order valence-corrected chi connectivity index (χ4v) is 2.13. The number of hydrogen-bond donors (Lipinski definition) is 2. The SMILES string of the molecule is COc1ccc(C2(NC(=O)CC(C)N)CC2)cc1. The molecule has 18 heavy (non-hydrogen) atoms.